The minimum atomic E-state index is -0.0604. The van der Waals surface area contributed by atoms with E-state index in [-0.39, 0.29) is 18.0 Å². The molecular formula is C14H20N2O2. The molecule has 1 aliphatic heterocycles. The molecule has 1 aromatic heterocycles. The summed E-state index contributed by atoms with van der Waals surface area (Å²) >= 11 is 0. The van der Waals surface area contributed by atoms with Gasteiger partial charge in [-0.25, -0.2) is 0 Å². The quantitative estimate of drug-likeness (QED) is 0.858. The summed E-state index contributed by atoms with van der Waals surface area (Å²) in [5.41, 5.74) is 0. The van der Waals surface area contributed by atoms with Crippen LogP contribution in [0.1, 0.15) is 38.0 Å². The zero-order valence-electron chi connectivity index (χ0n) is 10.7. The Morgan fingerprint density at radius 1 is 1.56 bits per heavy atom. The van der Waals surface area contributed by atoms with Gasteiger partial charge in [0.1, 0.15) is 5.76 Å². The van der Waals surface area contributed by atoms with E-state index >= 15 is 0 Å². The highest BCUT2D eigenvalue weighted by molar-refractivity contribution is 5.83. The van der Waals surface area contributed by atoms with Crippen LogP contribution < -0.4 is 10.6 Å². The summed E-state index contributed by atoms with van der Waals surface area (Å²) in [6.45, 7) is 2.95. The molecule has 1 saturated carbocycles. The predicted octanol–water partition coefficient (Wildman–Crippen LogP) is 1.84. The fraction of sp³-hybridized carbons (Fsp3) is 0.643. The minimum absolute atomic E-state index is 0.00471. The number of rotatable bonds is 3. The van der Waals surface area contributed by atoms with Crippen molar-refractivity contribution in [2.75, 3.05) is 6.54 Å². The van der Waals surface area contributed by atoms with Crippen LogP contribution in [-0.4, -0.2) is 18.5 Å². The maximum Gasteiger partial charge on any atom is 0.238 e. The SMILES string of the molecule is C[C@@H](NC(=O)C1NCC2CCCC21)c1ccco1. The Hall–Kier alpha value is -1.29. The van der Waals surface area contributed by atoms with E-state index in [2.05, 4.69) is 10.6 Å². The Balaban J connectivity index is 1.61. The average Bonchev–Trinajstić information content (AvgIpc) is 3.06. The molecule has 98 valence electrons. The van der Waals surface area contributed by atoms with Gasteiger partial charge in [0, 0.05) is 0 Å². The van der Waals surface area contributed by atoms with E-state index in [0.29, 0.717) is 11.8 Å². The minimum Gasteiger partial charge on any atom is -0.467 e. The van der Waals surface area contributed by atoms with Gasteiger partial charge in [-0.2, -0.15) is 0 Å². The van der Waals surface area contributed by atoms with Gasteiger partial charge < -0.3 is 15.1 Å². The van der Waals surface area contributed by atoms with E-state index in [1.54, 1.807) is 6.26 Å². The summed E-state index contributed by atoms with van der Waals surface area (Å²) in [5.74, 6) is 2.17. The Morgan fingerprint density at radius 2 is 2.44 bits per heavy atom. The summed E-state index contributed by atoms with van der Waals surface area (Å²) < 4.78 is 5.31. The van der Waals surface area contributed by atoms with Crippen LogP contribution in [0.2, 0.25) is 0 Å². The first kappa shape index (κ1) is 11.8. The summed E-state index contributed by atoms with van der Waals surface area (Å²) in [6, 6.07) is 3.68. The lowest BCUT2D eigenvalue weighted by atomic mass is 9.93. The van der Waals surface area contributed by atoms with Gasteiger partial charge in [-0.15, -0.1) is 0 Å². The molecule has 1 amide bonds. The number of carbonyl (C=O) groups is 1. The monoisotopic (exact) mass is 248 g/mol. The number of furan rings is 1. The van der Waals surface area contributed by atoms with E-state index < -0.39 is 0 Å². The van der Waals surface area contributed by atoms with Gasteiger partial charge in [0.15, 0.2) is 0 Å². The van der Waals surface area contributed by atoms with Crippen LogP contribution in [0, 0.1) is 11.8 Å². The maximum atomic E-state index is 12.3. The van der Waals surface area contributed by atoms with E-state index in [0.717, 1.165) is 12.3 Å². The molecule has 18 heavy (non-hydrogen) atoms. The molecule has 4 atom stereocenters. The van der Waals surface area contributed by atoms with Crippen molar-refractivity contribution in [2.45, 2.75) is 38.3 Å². The van der Waals surface area contributed by atoms with Crippen LogP contribution in [-0.2, 0) is 4.79 Å². The largest absolute Gasteiger partial charge is 0.467 e. The Bertz CT molecular complexity index is 415. The standard InChI is InChI=1S/C14H20N2O2/c1-9(12-6-3-7-18-12)16-14(17)13-11-5-2-4-10(11)8-15-13/h3,6-7,9-11,13,15H,2,4-5,8H2,1H3,(H,16,17)/t9-,10?,11?,13?/m1/s1. The number of hydrogen-bond acceptors (Lipinski definition) is 3. The highest BCUT2D eigenvalue weighted by Crippen LogP contribution is 2.37. The van der Waals surface area contributed by atoms with Crippen molar-refractivity contribution in [1.82, 2.24) is 10.6 Å². The van der Waals surface area contributed by atoms with Crippen LogP contribution in [0.25, 0.3) is 0 Å². The highest BCUT2D eigenvalue weighted by atomic mass is 16.3. The van der Waals surface area contributed by atoms with Crippen LogP contribution in [0.5, 0.6) is 0 Å². The third-order valence-electron chi connectivity index (χ3n) is 4.36. The van der Waals surface area contributed by atoms with Crippen molar-refractivity contribution >= 4 is 5.91 Å². The molecule has 3 rings (SSSR count). The van der Waals surface area contributed by atoms with Gasteiger partial charge in [0.2, 0.25) is 5.91 Å². The normalized spacial score (nSPS) is 32.2. The fourth-order valence-electron chi connectivity index (χ4n) is 3.39. The van der Waals surface area contributed by atoms with E-state index in [9.17, 15) is 4.79 Å². The second-order valence-corrected chi connectivity index (χ2v) is 5.49. The van der Waals surface area contributed by atoms with Gasteiger partial charge >= 0.3 is 0 Å². The van der Waals surface area contributed by atoms with E-state index in [1.165, 1.54) is 19.3 Å². The first-order chi connectivity index (χ1) is 8.75. The number of carbonyl (C=O) groups excluding carboxylic acids is 1. The fourth-order valence-corrected chi connectivity index (χ4v) is 3.39. The second-order valence-electron chi connectivity index (χ2n) is 5.49. The van der Waals surface area contributed by atoms with Gasteiger partial charge in [0.05, 0.1) is 18.3 Å². The zero-order chi connectivity index (χ0) is 12.5. The number of hydrogen-bond donors (Lipinski definition) is 2. The number of amides is 1. The lowest BCUT2D eigenvalue weighted by Crippen LogP contribution is -2.44. The predicted molar refractivity (Wildman–Crippen MR) is 67.9 cm³/mol. The summed E-state index contributed by atoms with van der Waals surface area (Å²) in [7, 11) is 0. The molecule has 2 N–H and O–H groups in total. The van der Waals surface area contributed by atoms with Crippen LogP contribution in [0.3, 0.4) is 0 Å². The molecular weight excluding hydrogens is 228 g/mol. The molecule has 2 fully saturated rings. The van der Waals surface area contributed by atoms with Crippen molar-refractivity contribution in [2.24, 2.45) is 11.8 Å². The second kappa shape index (κ2) is 4.76. The summed E-state index contributed by atoms with van der Waals surface area (Å²) in [4.78, 5) is 12.3. The Kier molecular flexibility index (Phi) is 3.12. The number of fused-ring (bicyclic) bond motifs is 1. The van der Waals surface area contributed by atoms with Crippen molar-refractivity contribution in [3.8, 4) is 0 Å². The number of nitrogens with one attached hydrogen (secondary N) is 2. The van der Waals surface area contributed by atoms with Gasteiger partial charge in [-0.3, -0.25) is 4.79 Å². The molecule has 2 aliphatic rings. The molecule has 2 heterocycles. The lowest BCUT2D eigenvalue weighted by molar-refractivity contribution is -0.124. The molecule has 4 heteroatoms. The van der Waals surface area contributed by atoms with Crippen LogP contribution in [0.15, 0.2) is 22.8 Å². The highest BCUT2D eigenvalue weighted by Gasteiger charge is 2.42. The third kappa shape index (κ3) is 2.05. The van der Waals surface area contributed by atoms with Crippen molar-refractivity contribution < 1.29 is 9.21 Å². The van der Waals surface area contributed by atoms with Gasteiger partial charge in [-0.05, 0) is 50.3 Å². The van der Waals surface area contributed by atoms with Crippen LogP contribution >= 0.6 is 0 Å². The maximum absolute atomic E-state index is 12.3. The Labute approximate surface area is 107 Å². The lowest BCUT2D eigenvalue weighted by Gasteiger charge is -2.20. The molecule has 0 aromatic carbocycles. The first-order valence-corrected chi connectivity index (χ1v) is 6.83. The van der Waals surface area contributed by atoms with Crippen molar-refractivity contribution in [3.05, 3.63) is 24.2 Å². The smallest absolute Gasteiger partial charge is 0.238 e. The molecule has 0 radical (unpaired) electrons. The zero-order valence-corrected chi connectivity index (χ0v) is 10.7. The summed E-state index contributed by atoms with van der Waals surface area (Å²) in [6.07, 6.45) is 5.37. The molecule has 4 nitrogen and oxygen atoms in total. The average molecular weight is 248 g/mol. The van der Waals surface area contributed by atoms with Gasteiger partial charge in [-0.1, -0.05) is 6.42 Å². The van der Waals surface area contributed by atoms with E-state index in [1.807, 2.05) is 19.1 Å². The van der Waals surface area contributed by atoms with Gasteiger partial charge in [0.25, 0.3) is 0 Å². The topological polar surface area (TPSA) is 54.3 Å². The molecule has 0 spiro atoms. The molecule has 3 unspecified atom stereocenters. The molecule has 1 aromatic rings. The molecule has 0 bridgehead atoms. The van der Waals surface area contributed by atoms with Crippen molar-refractivity contribution in [1.29, 1.82) is 0 Å². The third-order valence-corrected chi connectivity index (χ3v) is 4.36. The molecule has 1 aliphatic carbocycles. The van der Waals surface area contributed by atoms with E-state index in [4.69, 9.17) is 4.42 Å². The molecule has 1 saturated heterocycles. The van der Waals surface area contributed by atoms with Crippen molar-refractivity contribution in [3.63, 3.8) is 0 Å². The summed E-state index contributed by atoms with van der Waals surface area (Å²) in [5, 5.41) is 6.41. The Morgan fingerprint density at radius 3 is 3.22 bits per heavy atom. The van der Waals surface area contributed by atoms with Crippen LogP contribution in [0.4, 0.5) is 0 Å². The first-order valence-electron chi connectivity index (χ1n) is 6.83.